The summed E-state index contributed by atoms with van der Waals surface area (Å²) in [5.41, 5.74) is 0.214. The van der Waals surface area contributed by atoms with Crippen molar-refractivity contribution >= 4 is 33.5 Å². The van der Waals surface area contributed by atoms with E-state index in [1.54, 1.807) is 4.90 Å². The topological polar surface area (TPSA) is 132 Å². The lowest BCUT2D eigenvalue weighted by Crippen LogP contribution is -2.40. The highest BCUT2D eigenvalue weighted by molar-refractivity contribution is 7.89. The fourth-order valence-corrected chi connectivity index (χ4v) is 5.31. The summed E-state index contributed by atoms with van der Waals surface area (Å²) in [7, 11) is -2.50. The van der Waals surface area contributed by atoms with E-state index in [0.717, 1.165) is 0 Å². The minimum absolute atomic E-state index is 0.0170. The van der Waals surface area contributed by atoms with Gasteiger partial charge in [0.1, 0.15) is 10.6 Å². The molecule has 1 N–H and O–H groups in total. The van der Waals surface area contributed by atoms with E-state index in [1.165, 1.54) is 29.6 Å². The number of carbonyl (C=O) groups excluding carboxylic acids is 3. The predicted molar refractivity (Wildman–Crippen MR) is 117 cm³/mol. The molecule has 2 fully saturated rings. The van der Waals surface area contributed by atoms with Gasteiger partial charge in [0.15, 0.2) is 6.61 Å². The van der Waals surface area contributed by atoms with E-state index in [0.29, 0.717) is 13.2 Å². The van der Waals surface area contributed by atoms with Crippen molar-refractivity contribution < 1.29 is 37.0 Å². The quantitative estimate of drug-likeness (QED) is 0.528. The fourth-order valence-electron chi connectivity index (χ4n) is 3.72. The van der Waals surface area contributed by atoms with Crippen molar-refractivity contribution in [1.82, 2.24) is 9.21 Å². The largest absolute Gasteiger partial charge is 0.495 e. The zero-order valence-corrected chi connectivity index (χ0v) is 19.7. The molecule has 0 saturated carbocycles. The summed E-state index contributed by atoms with van der Waals surface area (Å²) in [5, 5.41) is 2.53. The molecule has 2 amide bonds. The maximum Gasteiger partial charge on any atom is 0.311 e. The molecule has 1 aromatic rings. The first-order valence-corrected chi connectivity index (χ1v) is 12.1. The van der Waals surface area contributed by atoms with Crippen LogP contribution in [-0.2, 0) is 33.9 Å². The van der Waals surface area contributed by atoms with Crippen molar-refractivity contribution in [3.05, 3.63) is 18.2 Å². The van der Waals surface area contributed by atoms with E-state index >= 15 is 0 Å². The number of rotatable bonds is 8. The fraction of sp³-hybridized carbons (Fsp3) is 0.571. The first kappa shape index (κ1) is 24.9. The molecule has 2 aliphatic heterocycles. The van der Waals surface area contributed by atoms with E-state index in [9.17, 15) is 22.8 Å². The highest BCUT2D eigenvalue weighted by Crippen LogP contribution is 2.30. The van der Waals surface area contributed by atoms with Crippen LogP contribution in [0.1, 0.15) is 20.3 Å². The lowest BCUT2D eigenvalue weighted by atomic mass is 10.1. The molecule has 182 valence electrons. The van der Waals surface area contributed by atoms with Crippen molar-refractivity contribution in [2.24, 2.45) is 5.92 Å². The van der Waals surface area contributed by atoms with Crippen LogP contribution in [-0.4, -0.2) is 88.0 Å². The maximum absolute atomic E-state index is 13.0. The smallest absolute Gasteiger partial charge is 0.311 e. The standard InChI is InChI=1S/C21H29N3O8S/c1-14(2)24-12-15(10-20(24)26)21(27)32-13-19(25)22-16-4-5-17(30-3)18(11-16)33(28,29)23-6-8-31-9-7-23/h4-5,11,14-15H,6-10,12-13H2,1-3H3,(H,22,25). The number of methoxy groups -OCH3 is 1. The van der Waals surface area contributed by atoms with Gasteiger partial charge in [-0.2, -0.15) is 4.31 Å². The molecule has 0 bridgehead atoms. The number of sulfonamides is 1. The molecule has 12 heteroatoms. The number of ether oxygens (including phenoxy) is 3. The Morgan fingerprint density at radius 3 is 2.55 bits per heavy atom. The van der Waals surface area contributed by atoms with Gasteiger partial charge in [-0.15, -0.1) is 0 Å². The number of anilines is 1. The molecule has 1 unspecified atom stereocenters. The van der Waals surface area contributed by atoms with Gasteiger partial charge >= 0.3 is 5.97 Å². The Kier molecular flexibility index (Phi) is 7.92. The molecule has 2 heterocycles. The van der Waals surface area contributed by atoms with Crippen LogP contribution in [0.15, 0.2) is 23.1 Å². The Morgan fingerprint density at radius 2 is 1.94 bits per heavy atom. The van der Waals surface area contributed by atoms with Crippen LogP contribution in [0.3, 0.4) is 0 Å². The summed E-state index contributed by atoms with van der Waals surface area (Å²) < 4.78 is 42.9. The lowest BCUT2D eigenvalue weighted by molar-refractivity contribution is -0.151. The first-order valence-electron chi connectivity index (χ1n) is 10.7. The summed E-state index contributed by atoms with van der Waals surface area (Å²) in [4.78, 5) is 38.1. The monoisotopic (exact) mass is 483 g/mol. The van der Waals surface area contributed by atoms with E-state index in [2.05, 4.69) is 5.32 Å². The van der Waals surface area contributed by atoms with Crippen LogP contribution in [0.4, 0.5) is 5.69 Å². The zero-order valence-electron chi connectivity index (χ0n) is 18.9. The maximum atomic E-state index is 13.0. The number of morpholine rings is 1. The third-order valence-electron chi connectivity index (χ3n) is 5.50. The highest BCUT2D eigenvalue weighted by Gasteiger charge is 2.36. The number of nitrogens with zero attached hydrogens (tertiary/aromatic N) is 2. The molecule has 33 heavy (non-hydrogen) atoms. The van der Waals surface area contributed by atoms with Gasteiger partial charge in [-0.25, -0.2) is 8.42 Å². The van der Waals surface area contributed by atoms with E-state index < -0.39 is 34.4 Å². The molecule has 1 atom stereocenters. The van der Waals surface area contributed by atoms with Crippen LogP contribution in [0.5, 0.6) is 5.75 Å². The predicted octanol–water partition coefficient (Wildman–Crippen LogP) is 0.455. The van der Waals surface area contributed by atoms with Gasteiger partial charge in [0.25, 0.3) is 5.91 Å². The molecule has 1 aromatic carbocycles. The van der Waals surface area contributed by atoms with Crippen molar-refractivity contribution in [2.45, 2.75) is 31.2 Å². The van der Waals surface area contributed by atoms with Crippen molar-refractivity contribution in [3.63, 3.8) is 0 Å². The van der Waals surface area contributed by atoms with Gasteiger partial charge < -0.3 is 24.4 Å². The summed E-state index contributed by atoms with van der Waals surface area (Å²) in [5.74, 6) is -1.84. The Labute approximate surface area is 193 Å². The van der Waals surface area contributed by atoms with E-state index in [4.69, 9.17) is 14.2 Å². The van der Waals surface area contributed by atoms with Crippen molar-refractivity contribution in [2.75, 3.05) is 51.9 Å². The minimum Gasteiger partial charge on any atom is -0.495 e. The van der Waals surface area contributed by atoms with Gasteiger partial charge in [0.2, 0.25) is 15.9 Å². The Morgan fingerprint density at radius 1 is 1.24 bits per heavy atom. The van der Waals surface area contributed by atoms with Gasteiger partial charge in [-0.05, 0) is 32.0 Å². The van der Waals surface area contributed by atoms with Crippen molar-refractivity contribution in [3.8, 4) is 5.75 Å². The van der Waals surface area contributed by atoms with Gasteiger partial charge in [0.05, 0.1) is 26.2 Å². The number of benzene rings is 1. The third-order valence-corrected chi connectivity index (χ3v) is 7.42. The number of esters is 1. The number of likely N-dealkylation sites (tertiary alicyclic amines) is 1. The molecule has 2 saturated heterocycles. The number of carbonyl (C=O) groups is 3. The highest BCUT2D eigenvalue weighted by atomic mass is 32.2. The summed E-state index contributed by atoms with van der Waals surface area (Å²) in [6.45, 7) is 4.46. The van der Waals surface area contributed by atoms with Gasteiger partial charge in [0, 0.05) is 37.8 Å². The van der Waals surface area contributed by atoms with Crippen LogP contribution in [0.2, 0.25) is 0 Å². The summed E-state index contributed by atoms with van der Waals surface area (Å²) in [6.07, 6.45) is 0.0554. The van der Waals surface area contributed by atoms with Gasteiger partial charge in [-0.1, -0.05) is 0 Å². The lowest BCUT2D eigenvalue weighted by Gasteiger charge is -2.26. The van der Waals surface area contributed by atoms with E-state index in [-0.39, 0.29) is 54.3 Å². The normalized spacial score (nSPS) is 19.6. The zero-order chi connectivity index (χ0) is 24.2. The average molecular weight is 484 g/mol. The molecule has 2 aliphatic rings. The summed E-state index contributed by atoms with van der Waals surface area (Å²) >= 11 is 0. The second-order valence-electron chi connectivity index (χ2n) is 8.08. The van der Waals surface area contributed by atoms with Crippen LogP contribution in [0, 0.1) is 5.92 Å². The Balaban J connectivity index is 1.62. The average Bonchev–Trinajstić information content (AvgIpc) is 3.20. The molecule has 0 aliphatic carbocycles. The third kappa shape index (κ3) is 5.81. The number of hydrogen-bond donors (Lipinski definition) is 1. The number of nitrogens with one attached hydrogen (secondary N) is 1. The SMILES string of the molecule is COc1ccc(NC(=O)COC(=O)C2CC(=O)N(C(C)C)C2)cc1S(=O)(=O)N1CCOCC1. The molecule has 0 aromatic heterocycles. The summed E-state index contributed by atoms with van der Waals surface area (Å²) in [6, 6.07) is 4.23. The van der Waals surface area contributed by atoms with Crippen LogP contribution < -0.4 is 10.1 Å². The Bertz CT molecular complexity index is 1000. The molecule has 3 rings (SSSR count). The van der Waals surface area contributed by atoms with Crippen molar-refractivity contribution in [1.29, 1.82) is 0 Å². The Hall–Kier alpha value is -2.70. The molecule has 0 spiro atoms. The van der Waals surface area contributed by atoms with Crippen LogP contribution >= 0.6 is 0 Å². The number of amides is 2. The van der Waals surface area contributed by atoms with Gasteiger partial charge in [-0.3, -0.25) is 14.4 Å². The number of hydrogen-bond acceptors (Lipinski definition) is 8. The second kappa shape index (κ2) is 10.5. The minimum atomic E-state index is -3.86. The second-order valence-corrected chi connectivity index (χ2v) is 9.99. The molecule has 0 radical (unpaired) electrons. The van der Waals surface area contributed by atoms with E-state index in [1.807, 2.05) is 13.8 Å². The van der Waals surface area contributed by atoms with Crippen LogP contribution in [0.25, 0.3) is 0 Å². The first-order chi connectivity index (χ1) is 15.6. The molecular weight excluding hydrogens is 454 g/mol. The molecule has 11 nitrogen and oxygen atoms in total. The molecular formula is C21H29N3O8S.